The average molecular weight is 696 g/mol. The van der Waals surface area contributed by atoms with Crippen LogP contribution >= 0.6 is 0 Å². The third-order valence-corrected chi connectivity index (χ3v) is 9.97. The predicted octanol–water partition coefficient (Wildman–Crippen LogP) is 6.77. The molecule has 0 unspecified atom stereocenters. The van der Waals surface area contributed by atoms with Gasteiger partial charge in [0.25, 0.3) is 35.0 Å². The Morgan fingerprint density at radius 2 is 0.923 bits per heavy atom. The Balaban J connectivity index is 0.888. The van der Waals surface area contributed by atoms with E-state index >= 15 is 0 Å². The molecule has 0 aliphatic carbocycles. The summed E-state index contributed by atoms with van der Waals surface area (Å²) in [6.07, 6.45) is 1.66. The second-order valence-electron chi connectivity index (χ2n) is 12.9. The standard InChI is InChI=1S/C39H29N5O8/c45-36-26-12-5-10-24-32-22(8-3-14-30(32)43(49)50)20-28(34(24)26)38(47)41(36)18-2-1-16-40-17-7-19-42-37(46)27-13-6-11-25-33-23(9-4-15-31(33)44(51)52)21-29(35(25)27)39(42)48/h3-6,8-15,20-21,40H,1-2,7,16-19H2. The van der Waals surface area contributed by atoms with E-state index < -0.39 is 33.5 Å². The van der Waals surface area contributed by atoms with Crippen molar-refractivity contribution in [1.29, 1.82) is 0 Å². The first-order chi connectivity index (χ1) is 25.2. The maximum absolute atomic E-state index is 13.6. The van der Waals surface area contributed by atoms with Crippen LogP contribution in [0.4, 0.5) is 11.4 Å². The molecular formula is C39H29N5O8. The molecule has 52 heavy (non-hydrogen) atoms. The van der Waals surface area contributed by atoms with Crippen molar-refractivity contribution in [1.82, 2.24) is 15.1 Å². The van der Waals surface area contributed by atoms with E-state index in [4.69, 9.17) is 0 Å². The minimum absolute atomic E-state index is 0.0862. The highest BCUT2D eigenvalue weighted by atomic mass is 16.6. The van der Waals surface area contributed by atoms with Gasteiger partial charge in [-0.1, -0.05) is 48.5 Å². The fourth-order valence-corrected chi connectivity index (χ4v) is 7.68. The summed E-state index contributed by atoms with van der Waals surface area (Å²) < 4.78 is 0. The minimum Gasteiger partial charge on any atom is -0.317 e. The molecule has 0 radical (unpaired) electrons. The summed E-state index contributed by atoms with van der Waals surface area (Å²) in [7, 11) is 0. The van der Waals surface area contributed by atoms with Gasteiger partial charge in [0.15, 0.2) is 0 Å². The maximum atomic E-state index is 13.6. The van der Waals surface area contributed by atoms with Gasteiger partial charge in [0.2, 0.25) is 0 Å². The van der Waals surface area contributed by atoms with Crippen molar-refractivity contribution in [2.75, 3.05) is 26.2 Å². The Morgan fingerprint density at radius 3 is 1.40 bits per heavy atom. The lowest BCUT2D eigenvalue weighted by atomic mass is 9.89. The zero-order valence-corrected chi connectivity index (χ0v) is 27.6. The van der Waals surface area contributed by atoms with E-state index in [2.05, 4.69) is 5.32 Å². The smallest absolute Gasteiger partial charge is 0.277 e. The monoisotopic (exact) mass is 695 g/mol. The van der Waals surface area contributed by atoms with Gasteiger partial charge in [-0.2, -0.15) is 0 Å². The number of nitrogens with one attached hydrogen (secondary N) is 1. The number of non-ortho nitro benzene ring substituents is 2. The van der Waals surface area contributed by atoms with Crippen molar-refractivity contribution >= 4 is 78.1 Å². The molecule has 8 rings (SSSR count). The van der Waals surface area contributed by atoms with Crippen LogP contribution in [0.3, 0.4) is 0 Å². The van der Waals surface area contributed by atoms with E-state index in [1.165, 1.54) is 21.9 Å². The van der Waals surface area contributed by atoms with Crippen LogP contribution in [0.1, 0.15) is 60.7 Å². The molecule has 13 heteroatoms. The highest BCUT2D eigenvalue weighted by Crippen LogP contribution is 2.40. The molecular weight excluding hydrogens is 666 g/mol. The normalized spacial score (nSPS) is 14.0. The first-order valence-electron chi connectivity index (χ1n) is 16.9. The van der Waals surface area contributed by atoms with Crippen LogP contribution in [0.5, 0.6) is 0 Å². The second-order valence-corrected chi connectivity index (χ2v) is 12.9. The van der Waals surface area contributed by atoms with Gasteiger partial charge < -0.3 is 5.32 Å². The Kier molecular flexibility index (Phi) is 7.91. The molecule has 0 spiro atoms. The third kappa shape index (κ3) is 5.04. The van der Waals surface area contributed by atoms with Gasteiger partial charge in [-0.25, -0.2) is 0 Å². The molecule has 0 saturated carbocycles. The Morgan fingerprint density at radius 1 is 0.500 bits per heavy atom. The van der Waals surface area contributed by atoms with Gasteiger partial charge >= 0.3 is 0 Å². The Hall–Kier alpha value is -6.60. The Labute approximate surface area is 294 Å². The number of fused-ring (bicyclic) bond motifs is 4. The number of hydrogen-bond donors (Lipinski definition) is 1. The summed E-state index contributed by atoms with van der Waals surface area (Å²) in [6.45, 7) is 1.45. The highest BCUT2D eigenvalue weighted by molar-refractivity contribution is 6.31. The fraction of sp³-hybridized carbons (Fsp3) is 0.179. The summed E-state index contributed by atoms with van der Waals surface area (Å²) in [4.78, 5) is 79.2. The summed E-state index contributed by atoms with van der Waals surface area (Å²) >= 11 is 0. The van der Waals surface area contributed by atoms with Crippen LogP contribution in [0, 0.1) is 20.2 Å². The summed E-state index contributed by atoms with van der Waals surface area (Å²) in [5.41, 5.74) is 1.16. The molecule has 13 nitrogen and oxygen atoms in total. The molecule has 2 aliphatic heterocycles. The van der Waals surface area contributed by atoms with Gasteiger partial charge in [-0.15, -0.1) is 0 Å². The molecule has 0 saturated heterocycles. The van der Waals surface area contributed by atoms with Crippen LogP contribution < -0.4 is 5.32 Å². The second kappa shape index (κ2) is 12.6. The molecule has 0 bridgehead atoms. The van der Waals surface area contributed by atoms with Gasteiger partial charge in [0.05, 0.1) is 20.6 Å². The van der Waals surface area contributed by atoms with Gasteiger partial charge in [-0.3, -0.25) is 49.2 Å². The number of amides is 4. The lowest BCUT2D eigenvalue weighted by Gasteiger charge is -2.28. The number of nitro groups is 2. The van der Waals surface area contributed by atoms with Crippen LogP contribution in [0.15, 0.2) is 84.9 Å². The highest BCUT2D eigenvalue weighted by Gasteiger charge is 2.35. The lowest BCUT2D eigenvalue weighted by molar-refractivity contribution is -0.383. The number of benzene rings is 6. The lowest BCUT2D eigenvalue weighted by Crippen LogP contribution is -2.41. The number of carbonyl (C=O) groups is 4. The number of nitro benzene ring substituents is 2. The number of carbonyl (C=O) groups excluding carboxylic acids is 4. The number of imide groups is 2. The number of hydrogen-bond acceptors (Lipinski definition) is 9. The Bertz CT molecular complexity index is 2420. The van der Waals surface area contributed by atoms with Crippen molar-refractivity contribution < 1.29 is 29.0 Å². The van der Waals surface area contributed by atoms with Crippen molar-refractivity contribution in [3.8, 4) is 0 Å². The van der Waals surface area contributed by atoms with Crippen molar-refractivity contribution in [2.45, 2.75) is 19.3 Å². The topological polar surface area (TPSA) is 173 Å². The van der Waals surface area contributed by atoms with E-state index in [1.807, 2.05) is 0 Å². The third-order valence-electron chi connectivity index (χ3n) is 9.97. The molecule has 258 valence electrons. The van der Waals surface area contributed by atoms with Crippen LogP contribution in [0.2, 0.25) is 0 Å². The molecule has 1 N–H and O–H groups in total. The van der Waals surface area contributed by atoms with Crippen LogP contribution in [0.25, 0.3) is 43.1 Å². The summed E-state index contributed by atoms with van der Waals surface area (Å²) in [5.74, 6) is -1.76. The number of nitrogens with zero attached hydrogens (tertiary/aromatic N) is 4. The SMILES string of the molecule is O=C1c2cccc3c2c(cc2cccc([N+](=O)[O-])c23)C(=O)N1CCCCNCCCN1C(=O)c2cccc3c2c(cc2cccc([N+](=O)[O-])c23)C1=O. The first kappa shape index (κ1) is 32.6. The number of rotatable bonds is 11. The zero-order valence-electron chi connectivity index (χ0n) is 27.6. The largest absolute Gasteiger partial charge is 0.317 e. The zero-order chi connectivity index (χ0) is 36.3. The van der Waals surface area contributed by atoms with Gasteiger partial charge in [-0.05, 0) is 78.2 Å². The summed E-state index contributed by atoms with van der Waals surface area (Å²) in [5, 5.41) is 30.6. The molecule has 0 aromatic heterocycles. The van der Waals surface area contributed by atoms with E-state index in [0.717, 1.165) is 0 Å². The van der Waals surface area contributed by atoms with Crippen LogP contribution in [-0.2, 0) is 0 Å². The average Bonchev–Trinajstić information content (AvgIpc) is 3.15. The predicted molar refractivity (Wildman–Crippen MR) is 194 cm³/mol. The molecule has 6 aromatic rings. The van der Waals surface area contributed by atoms with Crippen molar-refractivity contribution in [3.63, 3.8) is 0 Å². The minimum atomic E-state index is -0.463. The molecule has 4 amide bonds. The molecule has 6 aromatic carbocycles. The maximum Gasteiger partial charge on any atom is 0.277 e. The van der Waals surface area contributed by atoms with Gasteiger partial charge in [0.1, 0.15) is 0 Å². The quantitative estimate of drug-likeness (QED) is 0.0505. The molecule has 2 aliphatic rings. The first-order valence-corrected chi connectivity index (χ1v) is 16.9. The molecule has 0 atom stereocenters. The van der Waals surface area contributed by atoms with Crippen LogP contribution in [-0.4, -0.2) is 69.5 Å². The van der Waals surface area contributed by atoms with Crippen molar-refractivity contribution in [3.05, 3.63) is 127 Å². The van der Waals surface area contributed by atoms with E-state index in [9.17, 15) is 39.4 Å². The van der Waals surface area contributed by atoms with E-state index in [1.54, 1.807) is 72.8 Å². The fourth-order valence-electron chi connectivity index (χ4n) is 7.68. The van der Waals surface area contributed by atoms with Crippen molar-refractivity contribution in [2.24, 2.45) is 0 Å². The van der Waals surface area contributed by atoms with E-state index in [0.29, 0.717) is 97.7 Å². The number of unbranched alkanes of at least 4 members (excludes halogenated alkanes) is 1. The van der Waals surface area contributed by atoms with E-state index in [-0.39, 0.29) is 24.5 Å². The van der Waals surface area contributed by atoms with Gasteiger partial charge in [0, 0.05) is 58.2 Å². The molecule has 2 heterocycles. The molecule has 0 fully saturated rings. The summed E-state index contributed by atoms with van der Waals surface area (Å²) in [6, 6.07) is 22.7.